The van der Waals surface area contributed by atoms with Crippen molar-refractivity contribution < 1.29 is 14.2 Å². The summed E-state index contributed by atoms with van der Waals surface area (Å²) in [5.74, 6) is 0. The van der Waals surface area contributed by atoms with Gasteiger partial charge in [-0.05, 0) is 11.8 Å². The Morgan fingerprint density at radius 1 is 0.789 bits per heavy atom. The minimum atomic E-state index is 0.346. The number of nitrogens with one attached hydrogen (secondary N) is 1. The predicted octanol–water partition coefficient (Wildman–Crippen LogP) is 2.47. The molecule has 0 aliphatic heterocycles. The summed E-state index contributed by atoms with van der Waals surface area (Å²) < 4.78 is 16.4. The van der Waals surface area contributed by atoms with Gasteiger partial charge in [-0.3, -0.25) is 0 Å². The topological polar surface area (TPSA) is 39.7 Å². The zero-order valence-corrected chi connectivity index (χ0v) is 13.5. The Bertz CT molecular complexity index is 190. The average molecular weight is 275 g/mol. The van der Waals surface area contributed by atoms with Crippen LogP contribution in [0.1, 0.15) is 41.0 Å². The van der Waals surface area contributed by atoms with E-state index in [1.807, 2.05) is 0 Å². The molecule has 19 heavy (non-hydrogen) atoms. The summed E-state index contributed by atoms with van der Waals surface area (Å²) in [5.41, 5.74) is 0.346. The van der Waals surface area contributed by atoms with Gasteiger partial charge >= 0.3 is 0 Å². The lowest BCUT2D eigenvalue weighted by Gasteiger charge is -2.17. The van der Waals surface area contributed by atoms with E-state index < -0.39 is 0 Å². The highest BCUT2D eigenvalue weighted by atomic mass is 16.5. The molecule has 0 aliphatic carbocycles. The molecule has 4 heteroatoms. The highest BCUT2D eigenvalue weighted by Gasteiger charge is 2.08. The second kappa shape index (κ2) is 11.6. The molecule has 0 bridgehead atoms. The first-order valence-corrected chi connectivity index (χ1v) is 7.38. The first-order chi connectivity index (χ1) is 8.92. The van der Waals surface area contributed by atoms with E-state index in [1.54, 1.807) is 0 Å². The van der Waals surface area contributed by atoms with Crippen molar-refractivity contribution in [2.24, 2.45) is 5.41 Å². The van der Waals surface area contributed by atoms with Crippen molar-refractivity contribution in [2.45, 2.75) is 47.1 Å². The summed E-state index contributed by atoms with van der Waals surface area (Å²) in [5, 5.41) is 3.30. The lowest BCUT2D eigenvalue weighted by atomic mass is 9.93. The maximum Gasteiger partial charge on any atom is 0.0701 e. The fraction of sp³-hybridized carbons (Fsp3) is 1.00. The van der Waals surface area contributed by atoms with E-state index in [-0.39, 0.29) is 0 Å². The van der Waals surface area contributed by atoms with Crippen LogP contribution < -0.4 is 5.32 Å². The van der Waals surface area contributed by atoms with Crippen molar-refractivity contribution in [3.05, 3.63) is 0 Å². The molecular weight excluding hydrogens is 242 g/mol. The summed E-state index contributed by atoms with van der Waals surface area (Å²) >= 11 is 0. The Morgan fingerprint density at radius 2 is 1.26 bits per heavy atom. The number of rotatable bonds is 12. The Morgan fingerprint density at radius 3 is 1.74 bits per heavy atom. The molecule has 0 fully saturated rings. The van der Waals surface area contributed by atoms with E-state index in [0.29, 0.717) is 37.9 Å². The lowest BCUT2D eigenvalue weighted by Crippen LogP contribution is -2.27. The minimum absolute atomic E-state index is 0.346. The third kappa shape index (κ3) is 17.8. The number of ether oxygens (including phenoxy) is 3. The van der Waals surface area contributed by atoms with Gasteiger partial charge in [0.1, 0.15) is 0 Å². The molecule has 0 saturated heterocycles. The minimum Gasteiger partial charge on any atom is -0.379 e. The highest BCUT2D eigenvalue weighted by Crippen LogP contribution is 2.17. The first-order valence-electron chi connectivity index (χ1n) is 7.38. The van der Waals surface area contributed by atoms with Crippen LogP contribution >= 0.6 is 0 Å². The maximum atomic E-state index is 5.51. The second-order valence-corrected chi connectivity index (χ2v) is 6.26. The number of hydrogen-bond donors (Lipinski definition) is 1. The predicted molar refractivity (Wildman–Crippen MR) is 79.7 cm³/mol. The van der Waals surface area contributed by atoms with Gasteiger partial charge in [0, 0.05) is 19.2 Å². The van der Waals surface area contributed by atoms with Crippen molar-refractivity contribution in [1.29, 1.82) is 0 Å². The van der Waals surface area contributed by atoms with Crippen molar-refractivity contribution in [1.82, 2.24) is 5.32 Å². The maximum absolute atomic E-state index is 5.51. The molecule has 0 amide bonds. The third-order valence-corrected chi connectivity index (χ3v) is 2.54. The molecular formula is C15H33NO3. The molecule has 0 aromatic carbocycles. The van der Waals surface area contributed by atoms with Gasteiger partial charge in [-0.2, -0.15) is 0 Å². The van der Waals surface area contributed by atoms with E-state index in [0.717, 1.165) is 26.2 Å². The van der Waals surface area contributed by atoms with Crippen LogP contribution in [0.15, 0.2) is 0 Å². The van der Waals surface area contributed by atoms with Crippen LogP contribution in [0.3, 0.4) is 0 Å². The Hall–Kier alpha value is -0.160. The zero-order valence-electron chi connectivity index (χ0n) is 13.5. The molecule has 1 N–H and O–H groups in total. The summed E-state index contributed by atoms with van der Waals surface area (Å²) in [6, 6.07) is 0.519. The van der Waals surface area contributed by atoms with Gasteiger partial charge in [0.2, 0.25) is 0 Å². The van der Waals surface area contributed by atoms with E-state index in [1.165, 1.54) is 0 Å². The molecule has 116 valence electrons. The monoisotopic (exact) mass is 275 g/mol. The summed E-state index contributed by atoms with van der Waals surface area (Å²) in [6.45, 7) is 16.0. The second-order valence-electron chi connectivity index (χ2n) is 6.26. The van der Waals surface area contributed by atoms with Crippen molar-refractivity contribution in [2.75, 3.05) is 46.2 Å². The van der Waals surface area contributed by atoms with E-state index in [4.69, 9.17) is 14.2 Å². The SMILES string of the molecule is CC(C)NCCOCCOCCOCCC(C)(C)C. The summed E-state index contributed by atoms with van der Waals surface area (Å²) in [6.07, 6.45) is 1.08. The Labute approximate surface area is 119 Å². The molecule has 0 heterocycles. The van der Waals surface area contributed by atoms with Crippen molar-refractivity contribution in [3.63, 3.8) is 0 Å². The molecule has 0 spiro atoms. The average Bonchev–Trinajstić information content (AvgIpc) is 2.28. The van der Waals surface area contributed by atoms with Crippen LogP contribution in [-0.2, 0) is 14.2 Å². The van der Waals surface area contributed by atoms with Gasteiger partial charge in [0.25, 0.3) is 0 Å². The highest BCUT2D eigenvalue weighted by molar-refractivity contribution is 4.59. The van der Waals surface area contributed by atoms with Gasteiger partial charge in [-0.25, -0.2) is 0 Å². The van der Waals surface area contributed by atoms with Crippen LogP contribution in [0.4, 0.5) is 0 Å². The molecule has 0 rings (SSSR count). The van der Waals surface area contributed by atoms with E-state index in [9.17, 15) is 0 Å². The van der Waals surface area contributed by atoms with Crippen LogP contribution in [0.25, 0.3) is 0 Å². The molecule has 0 saturated carbocycles. The van der Waals surface area contributed by atoms with E-state index >= 15 is 0 Å². The van der Waals surface area contributed by atoms with E-state index in [2.05, 4.69) is 39.9 Å². The van der Waals surface area contributed by atoms with Crippen molar-refractivity contribution in [3.8, 4) is 0 Å². The standard InChI is InChI=1S/C15H33NO3/c1-14(2)16-7-9-18-11-13-19-12-10-17-8-6-15(3,4)5/h14,16H,6-13H2,1-5H3. The van der Waals surface area contributed by atoms with Gasteiger partial charge in [0.05, 0.1) is 33.0 Å². The molecule has 0 aromatic rings. The summed E-state index contributed by atoms with van der Waals surface area (Å²) in [4.78, 5) is 0. The molecule has 0 aliphatic rings. The molecule has 0 radical (unpaired) electrons. The van der Waals surface area contributed by atoms with Gasteiger partial charge in [-0.1, -0.05) is 34.6 Å². The molecule has 0 atom stereocenters. The normalized spacial score (nSPS) is 12.3. The fourth-order valence-electron chi connectivity index (χ4n) is 1.34. The largest absolute Gasteiger partial charge is 0.379 e. The van der Waals surface area contributed by atoms with Gasteiger partial charge in [-0.15, -0.1) is 0 Å². The van der Waals surface area contributed by atoms with Crippen LogP contribution in [0.5, 0.6) is 0 Å². The van der Waals surface area contributed by atoms with Gasteiger partial charge < -0.3 is 19.5 Å². The van der Waals surface area contributed by atoms with Crippen molar-refractivity contribution >= 4 is 0 Å². The Kier molecular flexibility index (Phi) is 11.6. The van der Waals surface area contributed by atoms with Crippen LogP contribution in [-0.4, -0.2) is 52.2 Å². The molecule has 0 unspecified atom stereocenters. The molecule has 0 aromatic heterocycles. The molecule has 4 nitrogen and oxygen atoms in total. The van der Waals surface area contributed by atoms with Crippen LogP contribution in [0.2, 0.25) is 0 Å². The lowest BCUT2D eigenvalue weighted by molar-refractivity contribution is 0.0108. The zero-order chi connectivity index (χ0) is 14.6. The number of hydrogen-bond acceptors (Lipinski definition) is 4. The quantitative estimate of drug-likeness (QED) is 0.555. The first kappa shape index (κ1) is 18.8. The smallest absolute Gasteiger partial charge is 0.0701 e. The third-order valence-electron chi connectivity index (χ3n) is 2.54. The van der Waals surface area contributed by atoms with Crippen LogP contribution in [0, 0.1) is 5.41 Å². The van der Waals surface area contributed by atoms with Gasteiger partial charge in [0.15, 0.2) is 0 Å². The Balaban J connectivity index is 3.03. The fourth-order valence-corrected chi connectivity index (χ4v) is 1.34. The summed E-state index contributed by atoms with van der Waals surface area (Å²) in [7, 11) is 0.